The second-order valence-corrected chi connectivity index (χ2v) is 4.98. The molecule has 0 heterocycles. The maximum Gasteiger partial charge on any atom is 0.220 e. The maximum absolute atomic E-state index is 11.6. The smallest absolute Gasteiger partial charge is 0.220 e. The van der Waals surface area contributed by atoms with E-state index in [1.54, 1.807) is 0 Å². The van der Waals surface area contributed by atoms with Gasteiger partial charge >= 0.3 is 0 Å². The predicted octanol–water partition coefficient (Wildman–Crippen LogP) is 0.701. The number of unbranched alkanes of at least 4 members (excludes halogenated alkanes) is 1. The molecule has 0 saturated carbocycles. The lowest BCUT2D eigenvalue weighted by molar-refractivity contribution is -0.121. The highest BCUT2D eigenvalue weighted by atomic mass is 16.5. The molecule has 0 saturated heterocycles. The Kier molecular flexibility index (Phi) is 12.8. The molecule has 0 aromatic heterocycles. The fourth-order valence-corrected chi connectivity index (χ4v) is 1.61. The first-order valence-corrected chi connectivity index (χ1v) is 7.56. The highest BCUT2D eigenvalue weighted by Crippen LogP contribution is 1.97. The molecule has 1 atom stereocenters. The fraction of sp³-hybridized carbons (Fsp3) is 0.929. The average Bonchev–Trinajstić information content (AvgIpc) is 2.46. The number of carbonyl (C=O) groups is 1. The summed E-state index contributed by atoms with van der Waals surface area (Å²) < 4.78 is 5.24. The molecule has 0 aromatic rings. The van der Waals surface area contributed by atoms with E-state index < -0.39 is 0 Å². The van der Waals surface area contributed by atoms with E-state index in [-0.39, 0.29) is 5.91 Å². The zero-order chi connectivity index (χ0) is 15.2. The average molecular weight is 288 g/mol. The molecule has 6 heteroatoms. The van der Waals surface area contributed by atoms with Crippen LogP contribution in [0.1, 0.15) is 39.5 Å². The number of hydrogen-bond acceptors (Lipinski definition) is 5. The number of carbonyl (C=O) groups excluding carboxylic acids is 1. The minimum atomic E-state index is 0.136. The van der Waals surface area contributed by atoms with E-state index in [1.807, 2.05) is 26.0 Å². The Morgan fingerprint density at radius 3 is 2.75 bits per heavy atom. The second kappa shape index (κ2) is 13.3. The zero-order valence-corrected chi connectivity index (χ0v) is 13.5. The summed E-state index contributed by atoms with van der Waals surface area (Å²) in [6, 6.07) is 0.328. The van der Waals surface area contributed by atoms with Crippen LogP contribution in [0, 0.1) is 0 Å². The molecule has 0 spiro atoms. The summed E-state index contributed by atoms with van der Waals surface area (Å²) in [4.78, 5) is 11.6. The summed E-state index contributed by atoms with van der Waals surface area (Å²) in [5.41, 5.74) is 3.02. The van der Waals surface area contributed by atoms with E-state index in [0.29, 0.717) is 12.5 Å². The predicted molar refractivity (Wildman–Crippen MR) is 82.3 cm³/mol. The van der Waals surface area contributed by atoms with E-state index in [9.17, 15) is 4.79 Å². The lowest BCUT2D eigenvalue weighted by Crippen LogP contribution is -2.42. The molecule has 120 valence electrons. The van der Waals surface area contributed by atoms with Crippen molar-refractivity contribution in [3.05, 3.63) is 0 Å². The van der Waals surface area contributed by atoms with Gasteiger partial charge in [-0.15, -0.1) is 0 Å². The van der Waals surface area contributed by atoms with Crippen LogP contribution in [0.25, 0.3) is 0 Å². The van der Waals surface area contributed by atoms with Gasteiger partial charge in [0.2, 0.25) is 5.91 Å². The van der Waals surface area contributed by atoms with Crippen LogP contribution in [0.3, 0.4) is 0 Å². The molecular weight excluding hydrogens is 256 g/mol. The molecule has 3 N–H and O–H groups in total. The minimum absolute atomic E-state index is 0.136. The number of rotatable bonds is 13. The van der Waals surface area contributed by atoms with Crippen LogP contribution in [0.2, 0.25) is 0 Å². The van der Waals surface area contributed by atoms with E-state index >= 15 is 0 Å². The molecule has 1 unspecified atom stereocenters. The quantitative estimate of drug-likeness (QED) is 0.264. The van der Waals surface area contributed by atoms with Crippen LogP contribution in [0.5, 0.6) is 0 Å². The zero-order valence-electron chi connectivity index (χ0n) is 13.5. The monoisotopic (exact) mass is 288 g/mol. The topological polar surface area (TPSA) is 65.6 Å². The molecule has 0 aliphatic carbocycles. The summed E-state index contributed by atoms with van der Waals surface area (Å²) >= 11 is 0. The summed E-state index contributed by atoms with van der Waals surface area (Å²) in [7, 11) is 3.85. The van der Waals surface area contributed by atoms with Gasteiger partial charge in [0.15, 0.2) is 0 Å². The van der Waals surface area contributed by atoms with Crippen LogP contribution in [0.4, 0.5) is 0 Å². The van der Waals surface area contributed by atoms with Crippen molar-refractivity contribution in [1.29, 1.82) is 0 Å². The fourth-order valence-electron chi connectivity index (χ4n) is 1.61. The van der Waals surface area contributed by atoms with Crippen molar-refractivity contribution in [3.8, 4) is 0 Å². The lowest BCUT2D eigenvalue weighted by Gasteiger charge is -2.19. The first-order valence-electron chi connectivity index (χ1n) is 7.56. The van der Waals surface area contributed by atoms with Crippen molar-refractivity contribution in [2.75, 3.05) is 40.5 Å². The molecule has 0 bridgehead atoms. The summed E-state index contributed by atoms with van der Waals surface area (Å²) in [6.07, 6.45) is 3.40. The van der Waals surface area contributed by atoms with Crippen molar-refractivity contribution in [3.63, 3.8) is 0 Å². The third-order valence-electron chi connectivity index (χ3n) is 3.10. The van der Waals surface area contributed by atoms with E-state index in [4.69, 9.17) is 4.74 Å². The molecule has 1 amide bonds. The molecule has 0 radical (unpaired) electrons. The van der Waals surface area contributed by atoms with Gasteiger partial charge in [-0.3, -0.25) is 10.2 Å². The molecule has 0 rings (SSSR count). The van der Waals surface area contributed by atoms with Crippen molar-refractivity contribution < 1.29 is 9.53 Å². The molecule has 0 aliphatic rings. The van der Waals surface area contributed by atoms with E-state index in [1.165, 1.54) is 0 Å². The maximum atomic E-state index is 11.6. The normalized spacial score (nSPS) is 12.7. The summed E-state index contributed by atoms with van der Waals surface area (Å²) in [5, 5.41) is 8.25. The Labute approximate surface area is 123 Å². The third kappa shape index (κ3) is 12.3. The summed E-state index contributed by atoms with van der Waals surface area (Å²) in [5.74, 6) is 0.136. The molecule has 0 fully saturated rings. The lowest BCUT2D eigenvalue weighted by atomic mass is 10.2. The molecule has 6 nitrogen and oxygen atoms in total. The van der Waals surface area contributed by atoms with Crippen molar-refractivity contribution in [2.45, 2.75) is 45.6 Å². The van der Waals surface area contributed by atoms with Gasteiger partial charge < -0.3 is 15.4 Å². The number of amides is 1. The molecule has 0 aromatic carbocycles. The van der Waals surface area contributed by atoms with Gasteiger partial charge in [-0.25, -0.2) is 5.01 Å². The number of hydrogen-bond donors (Lipinski definition) is 3. The number of nitrogens with zero attached hydrogens (tertiary/aromatic N) is 1. The first-order chi connectivity index (χ1) is 9.60. The van der Waals surface area contributed by atoms with Crippen LogP contribution < -0.4 is 16.1 Å². The van der Waals surface area contributed by atoms with Crippen molar-refractivity contribution >= 4 is 5.91 Å². The largest absolute Gasteiger partial charge is 0.382 e. The Hall–Kier alpha value is -0.690. The van der Waals surface area contributed by atoms with Crippen molar-refractivity contribution in [1.82, 2.24) is 21.1 Å². The van der Waals surface area contributed by atoms with Crippen LogP contribution in [0.15, 0.2) is 0 Å². The summed E-state index contributed by atoms with van der Waals surface area (Å²) in [6.45, 7) is 7.14. The molecule has 0 aliphatic heterocycles. The van der Waals surface area contributed by atoms with Gasteiger partial charge in [0.25, 0.3) is 0 Å². The molecule has 20 heavy (non-hydrogen) atoms. The Morgan fingerprint density at radius 2 is 2.10 bits per heavy atom. The highest BCUT2D eigenvalue weighted by Gasteiger charge is 2.06. The Morgan fingerprint density at radius 1 is 1.35 bits per heavy atom. The van der Waals surface area contributed by atoms with Gasteiger partial charge in [-0.2, -0.15) is 0 Å². The van der Waals surface area contributed by atoms with Gasteiger partial charge in [-0.1, -0.05) is 0 Å². The van der Waals surface area contributed by atoms with Gasteiger partial charge in [-0.05, 0) is 40.2 Å². The minimum Gasteiger partial charge on any atom is -0.382 e. The Bertz CT molecular complexity index is 239. The number of ether oxygens (including phenoxy) is 1. The van der Waals surface area contributed by atoms with Gasteiger partial charge in [0, 0.05) is 39.3 Å². The molecular formula is C14H32N4O2. The van der Waals surface area contributed by atoms with Crippen LogP contribution >= 0.6 is 0 Å². The SMILES string of the molecule is CCOCCCCNC(=O)CCC(C)NCN(C)NC. The Balaban J connectivity index is 3.43. The van der Waals surface area contributed by atoms with E-state index in [2.05, 4.69) is 23.0 Å². The van der Waals surface area contributed by atoms with Gasteiger partial charge in [0.1, 0.15) is 0 Å². The van der Waals surface area contributed by atoms with E-state index in [0.717, 1.165) is 45.7 Å². The van der Waals surface area contributed by atoms with Crippen LogP contribution in [-0.4, -0.2) is 57.5 Å². The third-order valence-corrected chi connectivity index (χ3v) is 3.10. The van der Waals surface area contributed by atoms with Crippen molar-refractivity contribution in [2.24, 2.45) is 0 Å². The number of nitrogens with one attached hydrogen (secondary N) is 3. The highest BCUT2D eigenvalue weighted by molar-refractivity contribution is 5.75. The van der Waals surface area contributed by atoms with Gasteiger partial charge in [0.05, 0.1) is 6.67 Å². The first kappa shape index (κ1) is 19.3. The van der Waals surface area contributed by atoms with Crippen LogP contribution in [-0.2, 0) is 9.53 Å². The number of hydrazine groups is 1. The standard InChI is InChI=1S/C14H32N4O2/c1-5-20-11-7-6-10-16-14(19)9-8-13(2)17-12-18(4)15-3/h13,15,17H,5-12H2,1-4H3,(H,16,19). The second-order valence-electron chi connectivity index (χ2n) is 4.98.